The molecule has 0 aliphatic rings. The van der Waals surface area contributed by atoms with Crippen LogP contribution in [0.25, 0.3) is 11.5 Å². The molecule has 1 amide bonds. The van der Waals surface area contributed by atoms with Crippen molar-refractivity contribution < 1.29 is 13.6 Å². The molecule has 0 aliphatic carbocycles. The van der Waals surface area contributed by atoms with Gasteiger partial charge in [0.1, 0.15) is 11.2 Å². The monoisotopic (exact) mass is 414 g/mol. The number of anilines is 1. The Labute approximate surface area is 169 Å². The van der Waals surface area contributed by atoms with E-state index in [0.717, 1.165) is 39.5 Å². The van der Waals surface area contributed by atoms with Crippen LogP contribution in [0.3, 0.4) is 0 Å². The largest absolute Gasteiger partial charge is 0.411 e. The van der Waals surface area contributed by atoms with Crippen LogP contribution < -0.4 is 5.32 Å². The number of amides is 1. The SMILES string of the molecule is Cc1cc(SC#N)cc(C)c1NC(=O)CSc1nnc(-c2ccccc2F)o1. The topological polar surface area (TPSA) is 91.8 Å². The number of halogens is 1. The summed E-state index contributed by atoms with van der Waals surface area (Å²) in [6.45, 7) is 3.74. The van der Waals surface area contributed by atoms with E-state index in [2.05, 4.69) is 15.5 Å². The predicted molar refractivity (Wildman–Crippen MR) is 106 cm³/mol. The van der Waals surface area contributed by atoms with Crippen molar-refractivity contribution in [2.45, 2.75) is 24.0 Å². The Bertz CT molecular complexity index is 1040. The molecule has 0 radical (unpaired) electrons. The molecular weight excluding hydrogens is 399 g/mol. The van der Waals surface area contributed by atoms with Gasteiger partial charge in [0.2, 0.25) is 5.91 Å². The molecule has 6 nitrogen and oxygen atoms in total. The van der Waals surface area contributed by atoms with Crippen molar-refractivity contribution in [3.63, 3.8) is 0 Å². The molecule has 1 aromatic heterocycles. The van der Waals surface area contributed by atoms with Crippen LogP contribution >= 0.6 is 23.5 Å². The molecule has 9 heteroatoms. The fraction of sp³-hybridized carbons (Fsp3) is 0.158. The first kappa shape index (κ1) is 19.9. The van der Waals surface area contributed by atoms with Crippen molar-refractivity contribution >= 4 is 35.1 Å². The number of nitrogens with one attached hydrogen (secondary N) is 1. The molecule has 0 saturated carbocycles. The third-order valence-corrected chi connectivity index (χ3v) is 5.15. The zero-order valence-corrected chi connectivity index (χ0v) is 16.7. The number of thioether (sulfide) groups is 2. The van der Waals surface area contributed by atoms with Gasteiger partial charge in [0.05, 0.1) is 11.3 Å². The fourth-order valence-corrected chi connectivity index (χ4v) is 3.69. The number of carbonyl (C=O) groups excluding carboxylic acids is 1. The van der Waals surface area contributed by atoms with E-state index in [1.165, 1.54) is 6.07 Å². The third-order valence-electron chi connectivity index (χ3n) is 3.77. The van der Waals surface area contributed by atoms with Crippen molar-refractivity contribution in [3.8, 4) is 16.9 Å². The first-order valence-corrected chi connectivity index (χ1v) is 9.96. The molecule has 0 unspecified atom stereocenters. The van der Waals surface area contributed by atoms with Gasteiger partial charge in [-0.2, -0.15) is 5.26 Å². The highest BCUT2D eigenvalue weighted by atomic mass is 32.2. The summed E-state index contributed by atoms with van der Waals surface area (Å²) in [6, 6.07) is 9.80. The zero-order valence-electron chi connectivity index (χ0n) is 15.0. The maximum absolute atomic E-state index is 13.8. The van der Waals surface area contributed by atoms with Crippen molar-refractivity contribution in [1.29, 1.82) is 5.26 Å². The predicted octanol–water partition coefficient (Wildman–Crippen LogP) is 4.80. The Kier molecular flexibility index (Phi) is 6.34. The van der Waals surface area contributed by atoms with Crippen LogP contribution in [-0.2, 0) is 4.79 Å². The number of hydrogen-bond acceptors (Lipinski definition) is 7. The van der Waals surface area contributed by atoms with E-state index in [1.807, 2.05) is 31.4 Å². The van der Waals surface area contributed by atoms with Crippen LogP contribution in [0, 0.1) is 30.3 Å². The van der Waals surface area contributed by atoms with Crippen LogP contribution in [0.15, 0.2) is 50.9 Å². The van der Waals surface area contributed by atoms with Crippen LogP contribution in [0.4, 0.5) is 10.1 Å². The van der Waals surface area contributed by atoms with Crippen LogP contribution in [0.2, 0.25) is 0 Å². The molecule has 0 atom stereocenters. The lowest BCUT2D eigenvalue weighted by atomic mass is 10.1. The van der Waals surface area contributed by atoms with E-state index in [-0.39, 0.29) is 28.3 Å². The lowest BCUT2D eigenvalue weighted by Gasteiger charge is -2.12. The van der Waals surface area contributed by atoms with Gasteiger partial charge in [-0.25, -0.2) is 4.39 Å². The van der Waals surface area contributed by atoms with Gasteiger partial charge in [-0.3, -0.25) is 4.79 Å². The number of aryl methyl sites for hydroxylation is 2. The summed E-state index contributed by atoms with van der Waals surface area (Å²) in [5.41, 5.74) is 2.67. The van der Waals surface area contributed by atoms with Crippen molar-refractivity contribution in [3.05, 3.63) is 53.3 Å². The Balaban J connectivity index is 1.63. The van der Waals surface area contributed by atoms with Gasteiger partial charge in [0.15, 0.2) is 0 Å². The Morgan fingerprint density at radius 1 is 1.25 bits per heavy atom. The highest BCUT2D eigenvalue weighted by Crippen LogP contribution is 2.28. The van der Waals surface area contributed by atoms with Gasteiger partial charge in [0, 0.05) is 10.6 Å². The highest BCUT2D eigenvalue weighted by Gasteiger charge is 2.15. The first-order chi connectivity index (χ1) is 13.5. The normalized spacial score (nSPS) is 10.5. The molecule has 3 aromatic rings. The van der Waals surface area contributed by atoms with Crippen molar-refractivity contribution in [2.24, 2.45) is 0 Å². The second kappa shape index (κ2) is 8.91. The number of nitrogens with zero attached hydrogens (tertiary/aromatic N) is 3. The number of benzene rings is 2. The summed E-state index contributed by atoms with van der Waals surface area (Å²) in [5.74, 6) is -0.558. The second-order valence-corrected chi connectivity index (χ2v) is 7.60. The summed E-state index contributed by atoms with van der Waals surface area (Å²) in [5, 5.41) is 21.5. The molecule has 0 spiro atoms. The molecular formula is C19H15FN4O2S2. The average molecular weight is 414 g/mol. The van der Waals surface area contributed by atoms with E-state index in [9.17, 15) is 9.18 Å². The summed E-state index contributed by atoms with van der Waals surface area (Å²) in [6.07, 6.45) is 0. The number of hydrogen-bond donors (Lipinski definition) is 1. The standard InChI is InChI=1S/C19H15FN4O2S2/c1-11-7-13(28-10-21)8-12(2)17(11)22-16(25)9-27-19-24-23-18(26-19)14-5-3-4-6-15(14)20/h3-8H,9H2,1-2H3,(H,22,25). The number of carbonyl (C=O) groups is 1. The maximum Gasteiger partial charge on any atom is 0.277 e. The van der Waals surface area contributed by atoms with Crippen LogP contribution in [0.1, 0.15) is 11.1 Å². The second-order valence-electron chi connectivity index (χ2n) is 5.82. The quantitative estimate of drug-likeness (QED) is 0.458. The van der Waals surface area contributed by atoms with Gasteiger partial charge in [-0.1, -0.05) is 23.9 Å². The summed E-state index contributed by atoms with van der Waals surface area (Å²) >= 11 is 2.14. The molecule has 0 fully saturated rings. The minimum Gasteiger partial charge on any atom is -0.411 e. The maximum atomic E-state index is 13.8. The molecule has 142 valence electrons. The van der Waals surface area contributed by atoms with E-state index in [4.69, 9.17) is 9.68 Å². The molecule has 1 N–H and O–H groups in total. The van der Waals surface area contributed by atoms with E-state index >= 15 is 0 Å². The summed E-state index contributed by atoms with van der Waals surface area (Å²) in [4.78, 5) is 13.1. The minimum atomic E-state index is -0.454. The summed E-state index contributed by atoms with van der Waals surface area (Å²) < 4.78 is 19.2. The smallest absolute Gasteiger partial charge is 0.277 e. The van der Waals surface area contributed by atoms with Crippen molar-refractivity contribution in [2.75, 3.05) is 11.1 Å². The van der Waals surface area contributed by atoms with Gasteiger partial charge < -0.3 is 9.73 Å². The number of rotatable bonds is 6. The van der Waals surface area contributed by atoms with Crippen LogP contribution in [0.5, 0.6) is 0 Å². The lowest BCUT2D eigenvalue weighted by molar-refractivity contribution is -0.113. The van der Waals surface area contributed by atoms with E-state index in [1.54, 1.807) is 18.2 Å². The summed E-state index contributed by atoms with van der Waals surface area (Å²) in [7, 11) is 0. The lowest BCUT2D eigenvalue weighted by Crippen LogP contribution is -2.15. The Morgan fingerprint density at radius 2 is 1.96 bits per heavy atom. The van der Waals surface area contributed by atoms with Gasteiger partial charge in [-0.15, -0.1) is 10.2 Å². The van der Waals surface area contributed by atoms with Gasteiger partial charge in [-0.05, 0) is 61.0 Å². The Hall–Kier alpha value is -2.83. The molecule has 0 aliphatic heterocycles. The highest BCUT2D eigenvalue weighted by molar-refractivity contribution is 8.03. The fourth-order valence-electron chi connectivity index (χ4n) is 2.55. The zero-order chi connectivity index (χ0) is 20.1. The number of thiocyanates is 1. The van der Waals surface area contributed by atoms with Crippen molar-refractivity contribution in [1.82, 2.24) is 10.2 Å². The van der Waals surface area contributed by atoms with E-state index in [0.29, 0.717) is 5.69 Å². The number of aromatic nitrogens is 2. The van der Waals surface area contributed by atoms with Crippen LogP contribution in [-0.4, -0.2) is 21.9 Å². The molecule has 0 saturated heterocycles. The first-order valence-electron chi connectivity index (χ1n) is 8.16. The molecule has 28 heavy (non-hydrogen) atoms. The molecule has 2 aromatic carbocycles. The molecule has 1 heterocycles. The molecule has 0 bridgehead atoms. The number of nitriles is 1. The van der Waals surface area contributed by atoms with E-state index < -0.39 is 5.82 Å². The Morgan fingerprint density at radius 3 is 2.64 bits per heavy atom. The molecule has 3 rings (SSSR count). The van der Waals surface area contributed by atoms with Gasteiger partial charge >= 0.3 is 0 Å². The average Bonchev–Trinajstić information content (AvgIpc) is 3.12. The van der Waals surface area contributed by atoms with Gasteiger partial charge in [0.25, 0.3) is 11.1 Å². The third kappa shape index (κ3) is 4.71. The minimum absolute atomic E-state index is 0.0620.